The zero-order valence-electron chi connectivity index (χ0n) is 8.79. The van der Waals surface area contributed by atoms with Crippen molar-refractivity contribution in [3.05, 3.63) is 42.5 Å². The quantitative estimate of drug-likeness (QED) is 0.531. The molecule has 2 rings (SSSR count). The second-order valence-electron chi connectivity index (χ2n) is 4.23. The molecule has 1 atom stereocenters. The van der Waals surface area contributed by atoms with Crippen LogP contribution >= 0.6 is 0 Å². The van der Waals surface area contributed by atoms with Crippen molar-refractivity contribution in [2.75, 3.05) is 0 Å². The molecule has 0 bridgehead atoms. The van der Waals surface area contributed by atoms with Gasteiger partial charge in [-0.15, -0.1) is 6.58 Å². The van der Waals surface area contributed by atoms with E-state index in [2.05, 4.69) is 43.9 Å². The first-order chi connectivity index (χ1) is 6.65. The van der Waals surface area contributed by atoms with E-state index in [0.29, 0.717) is 0 Å². The van der Waals surface area contributed by atoms with Crippen LogP contribution in [0.4, 0.5) is 0 Å². The molecule has 0 amide bonds. The van der Waals surface area contributed by atoms with Gasteiger partial charge in [-0.1, -0.05) is 30.3 Å². The van der Waals surface area contributed by atoms with Crippen molar-refractivity contribution in [3.63, 3.8) is 0 Å². The summed E-state index contributed by atoms with van der Waals surface area (Å²) >= 11 is 0. The maximum Gasteiger partial charge on any atom is 0.219 e. The third-order valence-corrected chi connectivity index (χ3v) is 5.40. The van der Waals surface area contributed by atoms with Crippen LogP contribution in [-0.2, 0) is 4.43 Å². The molecule has 2 heteroatoms. The first kappa shape index (κ1) is 9.68. The van der Waals surface area contributed by atoms with E-state index < -0.39 is 8.32 Å². The molecule has 0 saturated carbocycles. The van der Waals surface area contributed by atoms with E-state index in [1.54, 1.807) is 0 Å². The van der Waals surface area contributed by atoms with Crippen molar-refractivity contribution in [2.24, 2.45) is 0 Å². The molecule has 1 aliphatic rings. The van der Waals surface area contributed by atoms with E-state index >= 15 is 0 Å². The highest BCUT2D eigenvalue weighted by Gasteiger charge is 2.38. The summed E-state index contributed by atoms with van der Waals surface area (Å²) < 4.78 is 6.13. The minimum absolute atomic E-state index is 0.255. The van der Waals surface area contributed by atoms with Gasteiger partial charge in [-0.3, -0.25) is 0 Å². The van der Waals surface area contributed by atoms with Gasteiger partial charge in [0, 0.05) is 0 Å². The number of benzene rings is 1. The van der Waals surface area contributed by atoms with Gasteiger partial charge in [0.05, 0.1) is 6.10 Å². The summed E-state index contributed by atoms with van der Waals surface area (Å²) in [7, 11) is -1.61. The van der Waals surface area contributed by atoms with Crippen molar-refractivity contribution in [1.82, 2.24) is 0 Å². The molecule has 74 valence electrons. The summed E-state index contributed by atoms with van der Waals surface area (Å²) in [4.78, 5) is 0. The van der Waals surface area contributed by atoms with E-state index in [1.807, 2.05) is 6.08 Å². The van der Waals surface area contributed by atoms with Gasteiger partial charge >= 0.3 is 0 Å². The number of rotatable bonds is 2. The Kier molecular flexibility index (Phi) is 2.33. The Morgan fingerprint density at radius 2 is 2.14 bits per heavy atom. The van der Waals surface area contributed by atoms with Crippen molar-refractivity contribution in [2.45, 2.75) is 25.6 Å². The molecular weight excluding hydrogens is 188 g/mol. The third kappa shape index (κ3) is 1.45. The summed E-state index contributed by atoms with van der Waals surface area (Å²) in [6.07, 6.45) is 3.12. The molecule has 0 fully saturated rings. The number of hydrogen-bond acceptors (Lipinski definition) is 1. The second kappa shape index (κ2) is 3.37. The molecule has 0 N–H and O–H groups in total. The van der Waals surface area contributed by atoms with Crippen LogP contribution in [0.5, 0.6) is 0 Å². The maximum absolute atomic E-state index is 6.13. The predicted octanol–water partition coefficient (Wildman–Crippen LogP) is 2.75. The standard InChI is InChI=1S/C12H16OSi/c1-4-7-11-10-8-5-6-9-12(10)14(2,3)13-11/h4-6,8-9,11H,1,7H2,2-3H3/t11-/m1/s1. The van der Waals surface area contributed by atoms with Crippen LogP contribution in [0.3, 0.4) is 0 Å². The molecule has 0 aromatic heterocycles. The Hall–Kier alpha value is -0.863. The molecule has 0 saturated heterocycles. The van der Waals surface area contributed by atoms with Gasteiger partial charge in [-0.05, 0) is 30.3 Å². The largest absolute Gasteiger partial charge is 0.406 e. The first-order valence-corrected chi connectivity index (χ1v) is 7.94. The summed E-state index contributed by atoms with van der Waals surface area (Å²) in [6, 6.07) is 8.59. The number of hydrogen-bond donors (Lipinski definition) is 0. The molecule has 1 aromatic carbocycles. The van der Waals surface area contributed by atoms with Crippen LogP contribution in [0.25, 0.3) is 0 Å². The van der Waals surface area contributed by atoms with Crippen molar-refractivity contribution in [3.8, 4) is 0 Å². The smallest absolute Gasteiger partial charge is 0.219 e. The summed E-state index contributed by atoms with van der Waals surface area (Å²) in [6.45, 7) is 8.30. The van der Waals surface area contributed by atoms with E-state index in [0.717, 1.165) is 6.42 Å². The Labute approximate surface area is 86.5 Å². The Morgan fingerprint density at radius 1 is 1.43 bits per heavy atom. The van der Waals surface area contributed by atoms with Crippen LogP contribution < -0.4 is 5.19 Å². The third-order valence-electron chi connectivity index (χ3n) is 2.77. The summed E-state index contributed by atoms with van der Waals surface area (Å²) in [5.74, 6) is 0. The average Bonchev–Trinajstić information content (AvgIpc) is 2.41. The average molecular weight is 204 g/mol. The molecule has 0 spiro atoms. The number of fused-ring (bicyclic) bond motifs is 1. The highest BCUT2D eigenvalue weighted by atomic mass is 28.4. The van der Waals surface area contributed by atoms with Gasteiger partial charge in [-0.2, -0.15) is 0 Å². The molecule has 0 unspecified atom stereocenters. The Morgan fingerprint density at radius 3 is 2.86 bits per heavy atom. The molecule has 1 aliphatic heterocycles. The van der Waals surface area contributed by atoms with E-state index in [9.17, 15) is 0 Å². The van der Waals surface area contributed by atoms with E-state index in [4.69, 9.17) is 4.43 Å². The SMILES string of the molecule is C=CC[C@H]1O[Si](C)(C)c2ccccc21. The van der Waals surface area contributed by atoms with Gasteiger partial charge in [0.1, 0.15) is 0 Å². The summed E-state index contributed by atoms with van der Waals surface area (Å²) in [5, 5.41) is 1.45. The lowest BCUT2D eigenvalue weighted by atomic mass is 10.1. The molecular formula is C12H16OSi. The zero-order chi connectivity index (χ0) is 10.2. The van der Waals surface area contributed by atoms with Crippen molar-refractivity contribution in [1.29, 1.82) is 0 Å². The minimum Gasteiger partial charge on any atom is -0.406 e. The van der Waals surface area contributed by atoms with E-state index in [-0.39, 0.29) is 6.10 Å². The lowest BCUT2D eigenvalue weighted by molar-refractivity contribution is 0.220. The van der Waals surface area contributed by atoms with Crippen molar-refractivity contribution < 1.29 is 4.43 Å². The van der Waals surface area contributed by atoms with Gasteiger partial charge in [0.2, 0.25) is 8.32 Å². The maximum atomic E-state index is 6.13. The lowest BCUT2D eigenvalue weighted by Gasteiger charge is -2.17. The van der Waals surface area contributed by atoms with Gasteiger partial charge in [0.25, 0.3) is 0 Å². The van der Waals surface area contributed by atoms with E-state index in [1.165, 1.54) is 10.8 Å². The minimum atomic E-state index is -1.61. The highest BCUT2D eigenvalue weighted by molar-refractivity contribution is 6.85. The molecule has 0 aliphatic carbocycles. The zero-order valence-corrected chi connectivity index (χ0v) is 9.79. The molecule has 14 heavy (non-hydrogen) atoms. The fraction of sp³-hybridized carbons (Fsp3) is 0.333. The fourth-order valence-electron chi connectivity index (χ4n) is 2.14. The van der Waals surface area contributed by atoms with Crippen LogP contribution in [0.2, 0.25) is 13.1 Å². The molecule has 0 radical (unpaired) electrons. The fourth-order valence-corrected chi connectivity index (χ4v) is 4.63. The highest BCUT2D eigenvalue weighted by Crippen LogP contribution is 2.32. The lowest BCUT2D eigenvalue weighted by Crippen LogP contribution is -2.39. The topological polar surface area (TPSA) is 9.23 Å². The monoisotopic (exact) mass is 204 g/mol. The van der Waals surface area contributed by atoms with Crippen LogP contribution in [0.15, 0.2) is 36.9 Å². The molecule has 1 heterocycles. The van der Waals surface area contributed by atoms with Crippen LogP contribution in [0, 0.1) is 0 Å². The van der Waals surface area contributed by atoms with Crippen molar-refractivity contribution >= 4 is 13.5 Å². The Bertz CT molecular complexity index is 357. The van der Waals surface area contributed by atoms with Crippen LogP contribution in [0.1, 0.15) is 18.1 Å². The Balaban J connectivity index is 2.43. The van der Waals surface area contributed by atoms with Gasteiger partial charge < -0.3 is 4.43 Å². The normalized spacial score (nSPS) is 23.1. The molecule has 1 nitrogen and oxygen atoms in total. The first-order valence-electron chi connectivity index (χ1n) is 5.03. The molecule has 1 aromatic rings. The van der Waals surface area contributed by atoms with Crippen LogP contribution in [-0.4, -0.2) is 8.32 Å². The summed E-state index contributed by atoms with van der Waals surface area (Å²) in [5.41, 5.74) is 1.38. The van der Waals surface area contributed by atoms with Gasteiger partial charge in [-0.25, -0.2) is 0 Å². The predicted molar refractivity (Wildman–Crippen MR) is 62.2 cm³/mol. The van der Waals surface area contributed by atoms with Gasteiger partial charge in [0.15, 0.2) is 0 Å². The second-order valence-corrected chi connectivity index (χ2v) is 8.02.